The van der Waals surface area contributed by atoms with E-state index in [0.29, 0.717) is 22.4 Å². The normalized spacial score (nSPS) is 12.9. The van der Waals surface area contributed by atoms with E-state index in [1.54, 1.807) is 54.6 Å². The Morgan fingerprint density at radius 2 is 1.62 bits per heavy atom. The van der Waals surface area contributed by atoms with Crippen LogP contribution in [0.15, 0.2) is 78.9 Å². The van der Waals surface area contributed by atoms with Crippen LogP contribution in [0.4, 0.5) is 19.1 Å². The number of methoxy groups -OCH3 is 1. The Morgan fingerprint density at radius 1 is 0.949 bits per heavy atom. The fourth-order valence-electron chi connectivity index (χ4n) is 3.90. The summed E-state index contributed by atoms with van der Waals surface area (Å²) in [6, 6.07) is 19.8. The number of hydrogen-bond acceptors (Lipinski definition) is 7. The number of ether oxygens (including phenoxy) is 2. The molecule has 1 heterocycles. The molecule has 0 unspecified atom stereocenters. The zero-order valence-corrected chi connectivity index (χ0v) is 20.7. The predicted molar refractivity (Wildman–Crippen MR) is 139 cm³/mol. The molecular formula is C28H25F3N4O4. The molecule has 39 heavy (non-hydrogen) atoms. The lowest BCUT2D eigenvalue weighted by molar-refractivity contribution is -0.198. The van der Waals surface area contributed by atoms with E-state index in [2.05, 4.69) is 9.97 Å². The van der Waals surface area contributed by atoms with Gasteiger partial charge in [-0.15, -0.1) is 0 Å². The van der Waals surface area contributed by atoms with Crippen molar-refractivity contribution in [3.05, 3.63) is 90.0 Å². The molecule has 0 aliphatic heterocycles. The number of nitrogens with zero attached hydrogens (tertiary/aromatic N) is 2. The molecule has 0 spiro atoms. The summed E-state index contributed by atoms with van der Waals surface area (Å²) >= 11 is 0. The van der Waals surface area contributed by atoms with Gasteiger partial charge in [0.05, 0.1) is 12.8 Å². The Hall–Kier alpha value is -4.64. The number of aliphatic carboxylic acids is 1. The van der Waals surface area contributed by atoms with Crippen molar-refractivity contribution in [3.63, 3.8) is 0 Å². The zero-order valence-electron chi connectivity index (χ0n) is 20.7. The second-order valence-electron chi connectivity index (χ2n) is 8.69. The first-order chi connectivity index (χ1) is 18.5. The highest BCUT2D eigenvalue weighted by molar-refractivity contribution is 5.73. The van der Waals surface area contributed by atoms with Crippen molar-refractivity contribution in [1.29, 1.82) is 0 Å². The largest absolute Gasteiger partial charge is 0.497 e. The van der Waals surface area contributed by atoms with E-state index < -0.39 is 24.3 Å². The number of rotatable bonds is 9. The first kappa shape index (κ1) is 27.4. The van der Waals surface area contributed by atoms with Gasteiger partial charge in [0.2, 0.25) is 17.9 Å². The number of anilines is 1. The molecule has 0 amide bonds. The van der Waals surface area contributed by atoms with Crippen molar-refractivity contribution in [1.82, 2.24) is 9.97 Å². The van der Waals surface area contributed by atoms with Gasteiger partial charge in [-0.1, -0.05) is 60.7 Å². The van der Waals surface area contributed by atoms with Crippen LogP contribution in [-0.4, -0.2) is 40.4 Å². The summed E-state index contributed by atoms with van der Waals surface area (Å²) in [5.74, 6) is -1.12. The first-order valence-corrected chi connectivity index (χ1v) is 11.7. The van der Waals surface area contributed by atoms with Crippen molar-refractivity contribution in [2.45, 2.75) is 24.7 Å². The molecule has 0 aliphatic carbocycles. The van der Waals surface area contributed by atoms with Crippen molar-refractivity contribution >= 4 is 11.9 Å². The van der Waals surface area contributed by atoms with Crippen LogP contribution in [0.25, 0.3) is 22.4 Å². The number of halogens is 3. The van der Waals surface area contributed by atoms with E-state index in [1.165, 1.54) is 25.3 Å². The van der Waals surface area contributed by atoms with Crippen LogP contribution in [0.3, 0.4) is 0 Å². The lowest BCUT2D eigenvalue weighted by Crippen LogP contribution is -2.32. The van der Waals surface area contributed by atoms with E-state index in [1.807, 2.05) is 6.07 Å². The van der Waals surface area contributed by atoms with Gasteiger partial charge >= 0.3 is 12.1 Å². The van der Waals surface area contributed by atoms with Crippen LogP contribution in [0, 0.1) is 0 Å². The number of benzene rings is 3. The summed E-state index contributed by atoms with van der Waals surface area (Å²) in [4.78, 5) is 18.9. The number of nitrogens with two attached hydrogens (primary N) is 2. The van der Waals surface area contributed by atoms with Crippen LogP contribution in [0.5, 0.6) is 11.6 Å². The second-order valence-corrected chi connectivity index (χ2v) is 8.69. The van der Waals surface area contributed by atoms with Crippen molar-refractivity contribution in [2.24, 2.45) is 5.73 Å². The van der Waals surface area contributed by atoms with Gasteiger partial charge in [0, 0.05) is 17.2 Å². The molecule has 1 aromatic heterocycles. The fourth-order valence-corrected chi connectivity index (χ4v) is 3.90. The highest BCUT2D eigenvalue weighted by Crippen LogP contribution is 2.38. The molecule has 0 fully saturated rings. The molecule has 8 nitrogen and oxygen atoms in total. The van der Waals surface area contributed by atoms with E-state index in [4.69, 9.17) is 26.0 Å². The SMILES string of the molecule is COc1cccc(-c2ccc([C@H](Oc3cc(-c4ccc(C[C@H](N)C(=O)O)cc4)nc(N)n3)C(F)(F)F)cc2)c1. The van der Waals surface area contributed by atoms with E-state index in [9.17, 15) is 18.0 Å². The third-order valence-corrected chi connectivity index (χ3v) is 5.89. The smallest absolute Gasteiger partial charge is 0.429 e. The molecule has 0 saturated heterocycles. The number of aromatic nitrogens is 2. The molecule has 4 aromatic rings. The summed E-state index contributed by atoms with van der Waals surface area (Å²) in [5.41, 5.74) is 14.2. The molecule has 11 heteroatoms. The Kier molecular flexibility index (Phi) is 8.01. The first-order valence-electron chi connectivity index (χ1n) is 11.7. The number of alkyl halides is 3. The van der Waals surface area contributed by atoms with Crippen LogP contribution in [-0.2, 0) is 11.2 Å². The Bertz CT molecular complexity index is 1440. The lowest BCUT2D eigenvalue weighted by Gasteiger charge is -2.22. The maximum Gasteiger partial charge on any atom is 0.429 e. The van der Waals surface area contributed by atoms with Gasteiger partial charge in [0.15, 0.2) is 0 Å². The molecular weight excluding hydrogens is 513 g/mol. The minimum absolute atomic E-state index is 0.111. The Balaban J connectivity index is 1.58. The number of carboxylic acid groups (broad SMARTS) is 1. The fraction of sp³-hybridized carbons (Fsp3) is 0.179. The lowest BCUT2D eigenvalue weighted by atomic mass is 10.0. The average molecular weight is 539 g/mol. The standard InChI is InChI=1S/C28H25F3N4O4/c1-38-21-4-2-3-20(14-21)17-9-11-19(12-10-17)25(28(29,30)31)39-24-15-23(34-27(33)35-24)18-7-5-16(6-8-18)13-22(32)26(36)37/h2-12,14-15,22,25H,13,32H2,1H3,(H,36,37)(H2,33,34,35)/t22-,25-/m0/s1. The van der Waals surface area contributed by atoms with Crippen LogP contribution in [0.1, 0.15) is 17.2 Å². The van der Waals surface area contributed by atoms with Crippen molar-refractivity contribution in [2.75, 3.05) is 12.8 Å². The summed E-state index contributed by atoms with van der Waals surface area (Å²) < 4.78 is 52.8. The quantitative estimate of drug-likeness (QED) is 0.270. The maximum atomic E-state index is 14.1. The summed E-state index contributed by atoms with van der Waals surface area (Å²) in [5, 5.41) is 8.98. The van der Waals surface area contributed by atoms with Crippen molar-refractivity contribution < 1.29 is 32.5 Å². The van der Waals surface area contributed by atoms with Gasteiger partial charge in [-0.3, -0.25) is 4.79 Å². The zero-order chi connectivity index (χ0) is 28.2. The van der Waals surface area contributed by atoms with Crippen LogP contribution in [0.2, 0.25) is 0 Å². The average Bonchev–Trinajstić information content (AvgIpc) is 2.91. The molecule has 2 atom stereocenters. The molecule has 0 aliphatic rings. The number of hydrogen-bond donors (Lipinski definition) is 3. The van der Waals surface area contributed by atoms with Crippen LogP contribution >= 0.6 is 0 Å². The maximum absolute atomic E-state index is 14.1. The van der Waals surface area contributed by atoms with Gasteiger partial charge in [-0.25, -0.2) is 4.98 Å². The molecule has 5 N–H and O–H groups in total. The predicted octanol–water partition coefficient (Wildman–Crippen LogP) is 5.04. The third kappa shape index (κ3) is 6.82. The highest BCUT2D eigenvalue weighted by atomic mass is 19.4. The number of carboxylic acids is 1. The minimum atomic E-state index is -4.75. The summed E-state index contributed by atoms with van der Waals surface area (Å²) in [7, 11) is 1.53. The van der Waals surface area contributed by atoms with Gasteiger partial charge < -0.3 is 26.0 Å². The van der Waals surface area contributed by atoms with E-state index in [-0.39, 0.29) is 29.5 Å². The summed E-state index contributed by atoms with van der Waals surface area (Å²) in [6.07, 6.45) is -6.94. The Labute approximate surface area is 222 Å². The molecule has 3 aromatic carbocycles. The van der Waals surface area contributed by atoms with Gasteiger partial charge in [-0.2, -0.15) is 18.2 Å². The molecule has 0 bridgehead atoms. The monoisotopic (exact) mass is 538 g/mol. The summed E-state index contributed by atoms with van der Waals surface area (Å²) in [6.45, 7) is 0. The second kappa shape index (κ2) is 11.4. The third-order valence-electron chi connectivity index (χ3n) is 5.89. The van der Waals surface area contributed by atoms with E-state index >= 15 is 0 Å². The van der Waals surface area contributed by atoms with Crippen LogP contribution < -0.4 is 20.9 Å². The van der Waals surface area contributed by atoms with Gasteiger partial charge in [-0.05, 0) is 35.2 Å². The molecule has 0 saturated carbocycles. The Morgan fingerprint density at radius 3 is 2.23 bits per heavy atom. The number of carbonyl (C=O) groups is 1. The molecule has 0 radical (unpaired) electrons. The van der Waals surface area contributed by atoms with Crippen molar-refractivity contribution in [3.8, 4) is 34.0 Å². The van der Waals surface area contributed by atoms with E-state index in [0.717, 1.165) is 5.56 Å². The highest BCUT2D eigenvalue weighted by Gasteiger charge is 2.43. The molecule has 4 rings (SSSR count). The number of nitrogen functional groups attached to an aromatic ring is 1. The topological polar surface area (TPSA) is 134 Å². The minimum Gasteiger partial charge on any atom is -0.497 e. The molecule has 202 valence electrons. The van der Waals surface area contributed by atoms with Gasteiger partial charge in [0.1, 0.15) is 11.8 Å². The van der Waals surface area contributed by atoms with Gasteiger partial charge in [0.25, 0.3) is 0 Å².